The summed E-state index contributed by atoms with van der Waals surface area (Å²) in [5, 5.41) is 11.4. The molecule has 1 unspecified atom stereocenters. The van der Waals surface area contributed by atoms with Crippen LogP contribution in [0.2, 0.25) is 0 Å². The Bertz CT molecular complexity index is 1160. The highest BCUT2D eigenvalue weighted by atomic mass is 32.2. The number of hydrogen-bond donors (Lipinski definition) is 2. The number of carbonyl (C=O) groups excluding carboxylic acids is 1. The number of nitrogens with two attached hydrogens (primary N) is 1. The van der Waals surface area contributed by atoms with E-state index in [0.29, 0.717) is 35.7 Å². The van der Waals surface area contributed by atoms with E-state index in [2.05, 4.69) is 15.5 Å². The van der Waals surface area contributed by atoms with Crippen LogP contribution >= 0.6 is 11.8 Å². The van der Waals surface area contributed by atoms with Crippen molar-refractivity contribution in [3.8, 4) is 17.2 Å². The van der Waals surface area contributed by atoms with E-state index >= 15 is 0 Å². The fourth-order valence-corrected chi connectivity index (χ4v) is 4.13. The largest absolute Gasteiger partial charge is 0.486 e. The summed E-state index contributed by atoms with van der Waals surface area (Å²) in [4.78, 5) is 12.7. The maximum absolute atomic E-state index is 13.7. The molecule has 9 nitrogen and oxygen atoms in total. The lowest BCUT2D eigenvalue weighted by molar-refractivity contribution is -0.119. The summed E-state index contributed by atoms with van der Waals surface area (Å²) >= 11 is 1.15. The molecule has 180 valence electrons. The van der Waals surface area contributed by atoms with Gasteiger partial charge in [0.15, 0.2) is 28.9 Å². The van der Waals surface area contributed by atoms with Gasteiger partial charge in [-0.15, -0.1) is 10.2 Å². The minimum Gasteiger partial charge on any atom is -0.486 e. The third-order valence-electron chi connectivity index (χ3n) is 5.17. The summed E-state index contributed by atoms with van der Waals surface area (Å²) in [5.74, 6) is 7.42. The Kier molecular flexibility index (Phi) is 7.41. The molecule has 0 radical (unpaired) electrons. The summed E-state index contributed by atoms with van der Waals surface area (Å²) in [6, 6.07) is 11.6. The van der Waals surface area contributed by atoms with Crippen molar-refractivity contribution in [3.05, 3.63) is 59.7 Å². The quantitative estimate of drug-likeness (QED) is 0.350. The van der Waals surface area contributed by atoms with Crippen molar-refractivity contribution >= 4 is 17.7 Å². The summed E-state index contributed by atoms with van der Waals surface area (Å²) in [7, 11) is 0. The lowest BCUT2D eigenvalue weighted by atomic mass is 9.95. The van der Waals surface area contributed by atoms with Gasteiger partial charge in [0, 0.05) is 0 Å². The van der Waals surface area contributed by atoms with Gasteiger partial charge in [-0.25, -0.2) is 9.07 Å². The molecule has 0 saturated heterocycles. The molecule has 0 saturated carbocycles. The molecule has 2 aromatic carbocycles. The molecule has 11 heteroatoms. The van der Waals surface area contributed by atoms with Crippen LogP contribution in [0.25, 0.3) is 0 Å². The van der Waals surface area contributed by atoms with Gasteiger partial charge in [0.1, 0.15) is 19.8 Å². The first kappa shape index (κ1) is 23.7. The topological polar surface area (TPSA) is 114 Å². The van der Waals surface area contributed by atoms with Crippen molar-refractivity contribution < 1.29 is 23.4 Å². The highest BCUT2D eigenvalue weighted by Crippen LogP contribution is 2.34. The Morgan fingerprint density at radius 3 is 2.74 bits per heavy atom. The van der Waals surface area contributed by atoms with Gasteiger partial charge in [0.05, 0.1) is 11.8 Å². The number of para-hydroxylation sites is 1. The Hall–Kier alpha value is -3.47. The van der Waals surface area contributed by atoms with Crippen LogP contribution in [-0.4, -0.2) is 39.7 Å². The molecule has 3 aromatic rings. The summed E-state index contributed by atoms with van der Waals surface area (Å²) in [6.07, 6.45) is 0. The lowest BCUT2D eigenvalue weighted by Crippen LogP contribution is -2.33. The molecule has 2 heterocycles. The Morgan fingerprint density at radius 1 is 1.21 bits per heavy atom. The van der Waals surface area contributed by atoms with Crippen LogP contribution < -0.4 is 25.4 Å². The number of hydrogen-bond acceptors (Lipinski definition) is 8. The van der Waals surface area contributed by atoms with Crippen molar-refractivity contribution in [3.63, 3.8) is 0 Å². The number of ether oxygens (including phenoxy) is 3. The molecule has 1 amide bonds. The van der Waals surface area contributed by atoms with E-state index in [1.54, 1.807) is 12.1 Å². The average molecular weight is 488 g/mol. The number of rotatable bonds is 9. The first-order valence-corrected chi connectivity index (χ1v) is 11.8. The summed E-state index contributed by atoms with van der Waals surface area (Å²) in [6.45, 7) is 5.03. The van der Waals surface area contributed by atoms with E-state index < -0.39 is 5.82 Å². The summed E-state index contributed by atoms with van der Waals surface area (Å²) < 4.78 is 31.6. The molecule has 0 bridgehead atoms. The zero-order valence-electron chi connectivity index (χ0n) is 18.9. The number of thioether (sulfide) groups is 1. The minimum atomic E-state index is -0.477. The predicted octanol–water partition coefficient (Wildman–Crippen LogP) is 3.09. The average Bonchev–Trinajstić information content (AvgIpc) is 3.19. The van der Waals surface area contributed by atoms with Crippen LogP contribution in [0.4, 0.5) is 4.39 Å². The van der Waals surface area contributed by atoms with E-state index in [1.165, 1.54) is 16.8 Å². The third kappa shape index (κ3) is 5.53. The second kappa shape index (κ2) is 10.6. The monoisotopic (exact) mass is 487 g/mol. The van der Waals surface area contributed by atoms with Gasteiger partial charge >= 0.3 is 0 Å². The molecule has 1 aliphatic heterocycles. The van der Waals surface area contributed by atoms with Gasteiger partial charge in [-0.05, 0) is 35.7 Å². The van der Waals surface area contributed by atoms with Crippen LogP contribution in [0.1, 0.15) is 31.3 Å². The number of nitrogens with one attached hydrogen (secondary N) is 1. The Morgan fingerprint density at radius 2 is 1.97 bits per heavy atom. The van der Waals surface area contributed by atoms with Crippen LogP contribution in [0.15, 0.2) is 47.6 Å². The van der Waals surface area contributed by atoms with Gasteiger partial charge in [0.2, 0.25) is 11.1 Å². The Labute approximate surface area is 200 Å². The number of amides is 1. The molecule has 0 fully saturated rings. The van der Waals surface area contributed by atoms with E-state index in [4.69, 9.17) is 20.1 Å². The van der Waals surface area contributed by atoms with Gasteiger partial charge in [0.25, 0.3) is 0 Å². The number of nitrogens with zero attached hydrogens (tertiary/aromatic N) is 3. The number of nitrogen functional groups attached to an aromatic ring is 1. The summed E-state index contributed by atoms with van der Waals surface area (Å²) in [5.41, 5.74) is 0.937. The van der Waals surface area contributed by atoms with E-state index in [9.17, 15) is 9.18 Å². The molecule has 1 atom stereocenters. The highest BCUT2D eigenvalue weighted by Gasteiger charge is 2.22. The third-order valence-corrected chi connectivity index (χ3v) is 6.11. The van der Waals surface area contributed by atoms with Gasteiger partial charge in [-0.3, -0.25) is 4.79 Å². The maximum atomic E-state index is 13.7. The maximum Gasteiger partial charge on any atom is 0.230 e. The number of aromatic nitrogens is 3. The van der Waals surface area contributed by atoms with E-state index in [0.717, 1.165) is 17.3 Å². The molecule has 1 aromatic heterocycles. The SMILES string of the molecule is CC(C)C(NC(=O)CSc1nnc(COc2ccccc2F)n1N)c1ccc2c(c1)OCCO2. The van der Waals surface area contributed by atoms with Crippen molar-refractivity contribution in [1.82, 2.24) is 20.2 Å². The van der Waals surface area contributed by atoms with Crippen molar-refractivity contribution in [2.45, 2.75) is 31.7 Å². The number of benzene rings is 2. The number of halogens is 1. The van der Waals surface area contributed by atoms with Crippen molar-refractivity contribution in [2.24, 2.45) is 5.92 Å². The lowest BCUT2D eigenvalue weighted by Gasteiger charge is -2.25. The van der Waals surface area contributed by atoms with Gasteiger partial charge in [-0.1, -0.05) is 43.8 Å². The van der Waals surface area contributed by atoms with Crippen molar-refractivity contribution in [2.75, 3.05) is 24.8 Å². The molecular weight excluding hydrogens is 461 g/mol. The molecular formula is C23H26FN5O4S. The second-order valence-corrected chi connectivity index (χ2v) is 8.91. The molecule has 1 aliphatic rings. The zero-order chi connectivity index (χ0) is 24.1. The molecule has 4 rings (SSSR count). The van der Waals surface area contributed by atoms with Gasteiger partial charge < -0.3 is 25.4 Å². The fourth-order valence-electron chi connectivity index (χ4n) is 3.44. The van der Waals surface area contributed by atoms with E-state index in [1.807, 2.05) is 32.0 Å². The fraction of sp³-hybridized carbons (Fsp3) is 0.348. The predicted molar refractivity (Wildman–Crippen MR) is 125 cm³/mol. The molecule has 34 heavy (non-hydrogen) atoms. The van der Waals surface area contributed by atoms with Crippen LogP contribution in [0, 0.1) is 11.7 Å². The number of fused-ring (bicyclic) bond motifs is 1. The van der Waals surface area contributed by atoms with E-state index in [-0.39, 0.29) is 36.0 Å². The first-order chi connectivity index (χ1) is 16.4. The van der Waals surface area contributed by atoms with Crippen LogP contribution in [0.5, 0.6) is 17.2 Å². The van der Waals surface area contributed by atoms with Crippen LogP contribution in [0.3, 0.4) is 0 Å². The van der Waals surface area contributed by atoms with Crippen LogP contribution in [-0.2, 0) is 11.4 Å². The number of carbonyl (C=O) groups is 1. The normalized spacial score (nSPS) is 13.5. The smallest absolute Gasteiger partial charge is 0.230 e. The van der Waals surface area contributed by atoms with Gasteiger partial charge in [-0.2, -0.15) is 0 Å². The van der Waals surface area contributed by atoms with Crippen molar-refractivity contribution in [1.29, 1.82) is 0 Å². The molecule has 3 N–H and O–H groups in total. The molecule has 0 spiro atoms. The highest BCUT2D eigenvalue weighted by molar-refractivity contribution is 7.99. The molecule has 0 aliphatic carbocycles. The zero-order valence-corrected chi connectivity index (χ0v) is 19.7. The minimum absolute atomic E-state index is 0.0588. The standard InChI is InChI=1S/C23H26FN5O4S/c1-14(2)22(15-7-8-18-19(11-15)32-10-9-31-18)26-21(30)13-34-23-28-27-20(29(23)25)12-33-17-6-4-3-5-16(17)24/h3-8,11,14,22H,9-10,12-13,25H2,1-2H3,(H,26,30). The second-order valence-electron chi connectivity index (χ2n) is 7.97. The Balaban J connectivity index is 1.34. The first-order valence-electron chi connectivity index (χ1n) is 10.8.